The number of alkyl halides is 3. The molecule has 10 nitrogen and oxygen atoms in total. The molecule has 2 aromatic heterocycles. The molecule has 1 aliphatic rings. The van der Waals surface area contributed by atoms with Gasteiger partial charge in [-0.05, 0) is 38.0 Å². The quantitative estimate of drug-likeness (QED) is 0.480. The summed E-state index contributed by atoms with van der Waals surface area (Å²) >= 11 is 0. The number of nitrogens with zero attached hydrogens (tertiary/aromatic N) is 6. The topological polar surface area (TPSA) is 119 Å². The van der Waals surface area contributed by atoms with Crippen LogP contribution in [-0.4, -0.2) is 43.7 Å². The van der Waals surface area contributed by atoms with E-state index in [-0.39, 0.29) is 23.2 Å². The largest absolute Gasteiger partial charge is 0.453 e. The molecule has 0 aliphatic carbocycles. The standard InChI is InChI=1S/C19H18F3N7O3/c1-11-13(3-2-4-14(11)29(31)32)23-17(30)12-7-9-27(10-8-12)16-6-5-15-24-25-18(19(20,21)22)28(15)26-16/h2-6,12H,7-10H2,1H3,(H,23,30). The summed E-state index contributed by atoms with van der Waals surface area (Å²) in [5.74, 6) is -1.46. The molecule has 1 fully saturated rings. The molecule has 1 aliphatic heterocycles. The van der Waals surface area contributed by atoms with Gasteiger partial charge in [0.15, 0.2) is 5.65 Å². The number of rotatable bonds is 4. The minimum absolute atomic E-state index is 0.0114. The second kappa shape index (κ2) is 8.05. The van der Waals surface area contributed by atoms with Crippen LogP contribution in [0.25, 0.3) is 5.65 Å². The zero-order valence-corrected chi connectivity index (χ0v) is 16.8. The first-order chi connectivity index (χ1) is 15.1. The van der Waals surface area contributed by atoms with E-state index in [1.165, 1.54) is 18.2 Å². The molecule has 0 radical (unpaired) electrons. The van der Waals surface area contributed by atoms with Gasteiger partial charge >= 0.3 is 6.18 Å². The van der Waals surface area contributed by atoms with Crippen LogP contribution in [0.1, 0.15) is 24.2 Å². The van der Waals surface area contributed by atoms with Crippen molar-refractivity contribution in [1.29, 1.82) is 0 Å². The van der Waals surface area contributed by atoms with Crippen LogP contribution in [-0.2, 0) is 11.0 Å². The number of amides is 1. The number of benzene rings is 1. The fourth-order valence-corrected chi connectivity index (χ4v) is 3.69. The van der Waals surface area contributed by atoms with Crippen LogP contribution in [0, 0.1) is 23.0 Å². The Morgan fingerprint density at radius 2 is 1.91 bits per heavy atom. The number of hydrogen-bond acceptors (Lipinski definition) is 7. The van der Waals surface area contributed by atoms with Gasteiger partial charge in [-0.15, -0.1) is 15.3 Å². The Morgan fingerprint density at radius 1 is 1.19 bits per heavy atom. The minimum atomic E-state index is -4.68. The first kappa shape index (κ1) is 21.5. The highest BCUT2D eigenvalue weighted by molar-refractivity contribution is 5.94. The van der Waals surface area contributed by atoms with Crippen LogP contribution in [0.3, 0.4) is 0 Å². The second-order valence-corrected chi connectivity index (χ2v) is 7.44. The summed E-state index contributed by atoms with van der Waals surface area (Å²) < 4.78 is 39.9. The van der Waals surface area contributed by atoms with Gasteiger partial charge in [0.1, 0.15) is 5.82 Å². The van der Waals surface area contributed by atoms with E-state index >= 15 is 0 Å². The zero-order valence-electron chi connectivity index (χ0n) is 16.8. The Hall–Kier alpha value is -3.77. The highest BCUT2D eigenvalue weighted by atomic mass is 19.4. The number of nitro benzene ring substituents is 1. The van der Waals surface area contributed by atoms with Crippen LogP contribution < -0.4 is 10.2 Å². The molecule has 13 heteroatoms. The summed E-state index contributed by atoms with van der Waals surface area (Å²) in [7, 11) is 0. The number of aromatic nitrogens is 4. The van der Waals surface area contributed by atoms with E-state index in [0.717, 1.165) is 0 Å². The molecule has 0 atom stereocenters. The van der Waals surface area contributed by atoms with Crippen molar-refractivity contribution in [3.8, 4) is 0 Å². The molecule has 168 valence electrons. The van der Waals surface area contributed by atoms with Crippen molar-refractivity contribution in [3.05, 3.63) is 51.8 Å². The molecule has 1 N–H and O–H groups in total. The molecule has 1 amide bonds. The SMILES string of the molecule is Cc1c(NC(=O)C2CCN(c3ccc4nnc(C(F)(F)F)n4n3)CC2)cccc1[N+](=O)[O-]. The molecule has 0 spiro atoms. The third kappa shape index (κ3) is 4.05. The zero-order chi connectivity index (χ0) is 23.0. The predicted molar refractivity (Wildman–Crippen MR) is 107 cm³/mol. The highest BCUT2D eigenvalue weighted by Crippen LogP contribution is 2.30. The Labute approximate surface area is 179 Å². The number of hydrogen-bond donors (Lipinski definition) is 1. The molecule has 32 heavy (non-hydrogen) atoms. The summed E-state index contributed by atoms with van der Waals surface area (Å²) in [6, 6.07) is 7.45. The maximum Gasteiger partial charge on any atom is 0.453 e. The van der Waals surface area contributed by atoms with Gasteiger partial charge in [0.05, 0.1) is 16.2 Å². The lowest BCUT2D eigenvalue weighted by molar-refractivity contribution is -0.385. The molecule has 1 aromatic carbocycles. The van der Waals surface area contributed by atoms with E-state index in [2.05, 4.69) is 20.6 Å². The Kier molecular flexibility index (Phi) is 5.40. The van der Waals surface area contributed by atoms with Crippen LogP contribution in [0.2, 0.25) is 0 Å². The van der Waals surface area contributed by atoms with Gasteiger partial charge in [-0.3, -0.25) is 14.9 Å². The average Bonchev–Trinajstić information content (AvgIpc) is 3.19. The number of piperidine rings is 1. The van der Waals surface area contributed by atoms with Gasteiger partial charge in [0.25, 0.3) is 11.5 Å². The third-order valence-corrected chi connectivity index (χ3v) is 5.45. The molecule has 0 unspecified atom stereocenters. The van der Waals surface area contributed by atoms with Crippen molar-refractivity contribution < 1.29 is 22.9 Å². The summed E-state index contributed by atoms with van der Waals surface area (Å²) in [5.41, 5.74) is 0.662. The average molecular weight is 449 g/mol. The lowest BCUT2D eigenvalue weighted by Gasteiger charge is -2.32. The van der Waals surface area contributed by atoms with E-state index in [9.17, 15) is 28.1 Å². The van der Waals surface area contributed by atoms with E-state index in [0.29, 0.717) is 47.5 Å². The van der Waals surface area contributed by atoms with Gasteiger partial charge < -0.3 is 10.2 Å². The molecule has 0 bridgehead atoms. The van der Waals surface area contributed by atoms with Crippen molar-refractivity contribution in [2.75, 3.05) is 23.3 Å². The normalized spacial score (nSPS) is 15.2. The first-order valence-corrected chi connectivity index (χ1v) is 9.74. The van der Waals surface area contributed by atoms with Gasteiger partial charge in [-0.25, -0.2) is 0 Å². The lowest BCUT2D eigenvalue weighted by atomic mass is 9.95. The van der Waals surface area contributed by atoms with Crippen molar-refractivity contribution >= 4 is 28.7 Å². The number of carbonyl (C=O) groups is 1. The number of nitro groups is 1. The second-order valence-electron chi connectivity index (χ2n) is 7.44. The van der Waals surface area contributed by atoms with E-state index in [4.69, 9.17) is 0 Å². The molecule has 0 saturated carbocycles. The maximum atomic E-state index is 13.1. The van der Waals surface area contributed by atoms with Crippen LogP contribution in [0.4, 0.5) is 30.4 Å². The van der Waals surface area contributed by atoms with Crippen molar-refractivity contribution in [3.63, 3.8) is 0 Å². The molecule has 4 rings (SSSR count). The minimum Gasteiger partial charge on any atom is -0.355 e. The fraction of sp³-hybridized carbons (Fsp3) is 0.368. The molecule has 1 saturated heterocycles. The van der Waals surface area contributed by atoms with Gasteiger partial charge in [-0.1, -0.05) is 6.07 Å². The highest BCUT2D eigenvalue weighted by Gasteiger charge is 2.38. The summed E-state index contributed by atoms with van der Waals surface area (Å²) in [6.45, 7) is 2.39. The molecule has 3 heterocycles. The van der Waals surface area contributed by atoms with E-state index in [1.54, 1.807) is 24.0 Å². The van der Waals surface area contributed by atoms with Crippen LogP contribution >= 0.6 is 0 Å². The van der Waals surface area contributed by atoms with E-state index < -0.39 is 16.9 Å². The Morgan fingerprint density at radius 3 is 2.56 bits per heavy atom. The van der Waals surface area contributed by atoms with Gasteiger partial charge in [0, 0.05) is 25.1 Å². The van der Waals surface area contributed by atoms with Crippen molar-refractivity contribution in [2.24, 2.45) is 5.92 Å². The summed E-state index contributed by atoms with van der Waals surface area (Å²) in [5, 5.41) is 24.5. The van der Waals surface area contributed by atoms with Gasteiger partial charge in [-0.2, -0.15) is 17.7 Å². The number of fused-ring (bicyclic) bond motifs is 1. The first-order valence-electron chi connectivity index (χ1n) is 9.74. The van der Waals surface area contributed by atoms with E-state index in [1.807, 2.05) is 0 Å². The van der Waals surface area contributed by atoms with Crippen molar-refractivity contribution in [1.82, 2.24) is 19.8 Å². The van der Waals surface area contributed by atoms with Gasteiger partial charge in [0.2, 0.25) is 5.91 Å². The molecular formula is C19H18F3N7O3. The number of nitrogens with one attached hydrogen (secondary N) is 1. The molecule has 3 aromatic rings. The lowest BCUT2D eigenvalue weighted by Crippen LogP contribution is -2.38. The monoisotopic (exact) mass is 449 g/mol. The van der Waals surface area contributed by atoms with Crippen LogP contribution in [0.15, 0.2) is 30.3 Å². The third-order valence-electron chi connectivity index (χ3n) is 5.45. The summed E-state index contributed by atoms with van der Waals surface area (Å²) in [6.07, 6.45) is -3.78. The number of carbonyl (C=O) groups excluding carboxylic acids is 1. The number of anilines is 2. The smallest absolute Gasteiger partial charge is 0.355 e. The number of halogens is 3. The predicted octanol–water partition coefficient (Wildman–Crippen LogP) is 3.21. The molecular weight excluding hydrogens is 431 g/mol. The maximum absolute atomic E-state index is 13.1. The Balaban J connectivity index is 1.44. The summed E-state index contributed by atoms with van der Waals surface area (Å²) in [4.78, 5) is 25.0. The van der Waals surface area contributed by atoms with Crippen LogP contribution in [0.5, 0.6) is 0 Å². The van der Waals surface area contributed by atoms with Crippen molar-refractivity contribution in [2.45, 2.75) is 25.9 Å². The fourth-order valence-electron chi connectivity index (χ4n) is 3.69. The Bertz CT molecular complexity index is 1190.